The Labute approximate surface area is 182 Å². The van der Waals surface area contributed by atoms with Gasteiger partial charge >= 0.3 is 14.4 Å². The summed E-state index contributed by atoms with van der Waals surface area (Å²) >= 11 is 0. The first kappa shape index (κ1) is 25.5. The van der Waals surface area contributed by atoms with Crippen LogP contribution in [0.4, 0.5) is 13.2 Å². The van der Waals surface area contributed by atoms with Gasteiger partial charge in [-0.25, -0.2) is 0 Å². The fourth-order valence-electron chi connectivity index (χ4n) is 3.43. The van der Waals surface area contributed by atoms with Crippen molar-refractivity contribution in [3.05, 3.63) is 70.8 Å². The van der Waals surface area contributed by atoms with Crippen molar-refractivity contribution in [1.29, 1.82) is 0 Å². The summed E-state index contributed by atoms with van der Waals surface area (Å²) in [6.07, 6.45) is 1.24. The molecule has 0 radical (unpaired) electrons. The van der Waals surface area contributed by atoms with Crippen molar-refractivity contribution in [2.45, 2.75) is 57.7 Å². The molecule has 170 valence electrons. The first-order valence-corrected chi connectivity index (χ1v) is 11.7. The molecule has 31 heavy (non-hydrogen) atoms. The molecule has 0 aliphatic heterocycles. The van der Waals surface area contributed by atoms with E-state index in [0.717, 1.165) is 32.1 Å². The normalized spacial score (nSPS) is 12.2. The Kier molecular flexibility index (Phi) is 11.2. The van der Waals surface area contributed by atoms with Crippen LogP contribution in [0.3, 0.4) is 0 Å². The summed E-state index contributed by atoms with van der Waals surface area (Å²) in [5, 5.41) is 3.03. The maximum absolute atomic E-state index is 13.5. The molecule has 0 aliphatic rings. The Morgan fingerprint density at radius 2 is 1.61 bits per heavy atom. The predicted octanol–water partition coefficient (Wildman–Crippen LogP) is 6.20. The van der Waals surface area contributed by atoms with Gasteiger partial charge in [-0.3, -0.25) is 0 Å². The Morgan fingerprint density at radius 3 is 2.29 bits per heavy atom. The molecule has 2 rings (SSSR count). The van der Waals surface area contributed by atoms with Gasteiger partial charge in [-0.2, -0.15) is 13.2 Å². The molecule has 0 heterocycles. The number of aryl methyl sites for hydroxylation is 2. The van der Waals surface area contributed by atoms with Crippen LogP contribution in [0.2, 0.25) is 0 Å². The fraction of sp³-hybridized carbons (Fsp3) is 0.478. The topological polar surface area (TPSA) is 58.6 Å². The maximum atomic E-state index is 13.5. The van der Waals surface area contributed by atoms with Crippen LogP contribution in [0.5, 0.6) is 0 Å². The van der Waals surface area contributed by atoms with Crippen molar-refractivity contribution in [3.63, 3.8) is 0 Å². The van der Waals surface area contributed by atoms with E-state index in [1.807, 2.05) is 18.2 Å². The highest BCUT2D eigenvalue weighted by Gasteiger charge is 2.33. The third-order valence-electron chi connectivity index (χ3n) is 5.01. The maximum Gasteiger partial charge on any atom is 0.694 e. The minimum atomic E-state index is -4.38. The van der Waals surface area contributed by atoms with E-state index >= 15 is 0 Å². The Balaban J connectivity index is 1.76. The average Bonchev–Trinajstić information content (AvgIpc) is 2.73. The number of hydrogen-bond acceptors (Lipinski definition) is 3. The molecule has 0 amide bonds. The number of nitrogens with one attached hydrogen (secondary N) is 1. The highest BCUT2D eigenvalue weighted by Crippen LogP contribution is 2.33. The van der Waals surface area contributed by atoms with Gasteiger partial charge in [0.25, 0.3) is 0 Å². The minimum absolute atomic E-state index is 0.122. The second kappa shape index (κ2) is 13.6. The van der Waals surface area contributed by atoms with Gasteiger partial charge in [-0.05, 0) is 61.4 Å². The minimum Gasteiger partial charge on any atom is -0.313 e. The summed E-state index contributed by atoms with van der Waals surface area (Å²) in [7, 11) is -2.61. The van der Waals surface area contributed by atoms with Crippen LogP contribution in [-0.4, -0.2) is 18.0 Å². The van der Waals surface area contributed by atoms with E-state index in [4.69, 9.17) is 4.89 Å². The lowest BCUT2D eigenvalue weighted by atomic mass is 9.97. The van der Waals surface area contributed by atoms with E-state index in [1.54, 1.807) is 12.1 Å². The Morgan fingerprint density at radius 1 is 0.903 bits per heavy atom. The summed E-state index contributed by atoms with van der Waals surface area (Å²) in [6, 6.07) is 14.7. The van der Waals surface area contributed by atoms with Crippen LogP contribution >= 0.6 is 8.25 Å². The van der Waals surface area contributed by atoms with Gasteiger partial charge in [0.2, 0.25) is 0 Å². The standard InChI is InChI=1S/C23H29F3NO3P/c24-23(25,26)22-17-20(18-27-15-8-16-30-31(28)29)13-14-21(22)12-7-2-1-4-9-19-10-5-3-6-11-19/h3,5-6,10-11,13-14,17,27H,1-2,4,7-9,12,15-16,18H2/p+1. The first-order valence-electron chi connectivity index (χ1n) is 10.6. The van der Waals surface area contributed by atoms with Gasteiger partial charge in [-0.15, -0.1) is 9.42 Å². The average molecular weight is 456 g/mol. The fourth-order valence-corrected chi connectivity index (χ4v) is 3.72. The SMILES string of the molecule is O=[P+](O)OCCCNCc1ccc(CCCCCCc2ccccc2)c(C(F)(F)F)c1. The molecule has 0 bridgehead atoms. The molecule has 0 aliphatic carbocycles. The van der Waals surface area contributed by atoms with Crippen molar-refractivity contribution in [3.8, 4) is 0 Å². The van der Waals surface area contributed by atoms with Crippen LogP contribution in [0.1, 0.15) is 54.4 Å². The summed E-state index contributed by atoms with van der Waals surface area (Å²) in [6.45, 7) is 0.903. The smallest absolute Gasteiger partial charge is 0.313 e. The predicted molar refractivity (Wildman–Crippen MR) is 116 cm³/mol. The zero-order chi connectivity index (χ0) is 22.5. The van der Waals surface area contributed by atoms with E-state index < -0.39 is 20.0 Å². The number of benzene rings is 2. The van der Waals surface area contributed by atoms with E-state index in [-0.39, 0.29) is 6.61 Å². The summed E-state index contributed by atoms with van der Waals surface area (Å²) in [4.78, 5) is 8.53. The highest BCUT2D eigenvalue weighted by atomic mass is 31.1. The molecule has 0 saturated carbocycles. The lowest BCUT2D eigenvalue weighted by Crippen LogP contribution is -2.17. The molecule has 1 unspecified atom stereocenters. The summed E-state index contributed by atoms with van der Waals surface area (Å²) in [5.41, 5.74) is 1.65. The molecular weight excluding hydrogens is 426 g/mol. The van der Waals surface area contributed by atoms with Crippen LogP contribution in [0.25, 0.3) is 0 Å². The van der Waals surface area contributed by atoms with Crippen LogP contribution in [0.15, 0.2) is 48.5 Å². The largest absolute Gasteiger partial charge is 0.694 e. The molecule has 2 N–H and O–H groups in total. The van der Waals surface area contributed by atoms with Gasteiger partial charge in [0.15, 0.2) is 0 Å². The summed E-state index contributed by atoms with van der Waals surface area (Å²) in [5.74, 6) is 0. The molecule has 8 heteroatoms. The van der Waals surface area contributed by atoms with Crippen molar-refractivity contribution in [2.75, 3.05) is 13.2 Å². The third-order valence-corrected chi connectivity index (χ3v) is 5.42. The highest BCUT2D eigenvalue weighted by molar-refractivity contribution is 7.32. The lowest BCUT2D eigenvalue weighted by molar-refractivity contribution is -0.138. The number of rotatable bonds is 14. The van der Waals surface area contributed by atoms with Gasteiger partial charge in [0, 0.05) is 11.1 Å². The molecule has 0 saturated heterocycles. The Hall–Kier alpha value is -1.79. The van der Waals surface area contributed by atoms with Crippen LogP contribution in [-0.2, 0) is 34.7 Å². The van der Waals surface area contributed by atoms with E-state index in [1.165, 1.54) is 11.6 Å². The molecule has 2 aromatic rings. The first-order chi connectivity index (χ1) is 14.9. The van der Waals surface area contributed by atoms with Gasteiger partial charge in [0.05, 0.1) is 5.56 Å². The van der Waals surface area contributed by atoms with Crippen molar-refractivity contribution >= 4 is 8.25 Å². The molecule has 0 aromatic heterocycles. The molecule has 0 spiro atoms. The van der Waals surface area contributed by atoms with Crippen molar-refractivity contribution < 1.29 is 27.2 Å². The number of alkyl halides is 3. The Bertz CT molecular complexity index is 800. The molecule has 1 atom stereocenters. The van der Waals surface area contributed by atoms with Crippen LogP contribution in [0, 0.1) is 0 Å². The van der Waals surface area contributed by atoms with E-state index in [0.29, 0.717) is 37.1 Å². The quantitative estimate of drug-likeness (QED) is 0.263. The molecule has 2 aromatic carbocycles. The summed E-state index contributed by atoms with van der Waals surface area (Å²) < 4.78 is 55.5. The number of halogens is 3. The monoisotopic (exact) mass is 456 g/mol. The van der Waals surface area contributed by atoms with E-state index in [2.05, 4.69) is 22.0 Å². The molecular formula is C23H30F3NO3P+. The van der Waals surface area contributed by atoms with Crippen molar-refractivity contribution in [1.82, 2.24) is 5.32 Å². The van der Waals surface area contributed by atoms with Gasteiger partial charge in [-0.1, -0.05) is 55.3 Å². The van der Waals surface area contributed by atoms with Crippen molar-refractivity contribution in [2.24, 2.45) is 0 Å². The zero-order valence-corrected chi connectivity index (χ0v) is 18.4. The molecule has 4 nitrogen and oxygen atoms in total. The third kappa shape index (κ3) is 10.4. The second-order valence-corrected chi connectivity index (χ2v) is 8.22. The van der Waals surface area contributed by atoms with E-state index in [9.17, 15) is 17.7 Å². The molecule has 0 fully saturated rings. The van der Waals surface area contributed by atoms with Gasteiger partial charge in [0.1, 0.15) is 6.61 Å². The number of unbranched alkanes of at least 4 members (excludes halogenated alkanes) is 3. The lowest BCUT2D eigenvalue weighted by Gasteiger charge is -2.15. The van der Waals surface area contributed by atoms with Crippen LogP contribution < -0.4 is 5.32 Å². The zero-order valence-electron chi connectivity index (χ0n) is 17.5. The second-order valence-electron chi connectivity index (χ2n) is 7.49. The van der Waals surface area contributed by atoms with Gasteiger partial charge < -0.3 is 5.32 Å². The number of hydrogen-bond donors (Lipinski definition) is 2.